The van der Waals surface area contributed by atoms with Crippen LogP contribution >= 0.6 is 15.9 Å². The van der Waals surface area contributed by atoms with Crippen molar-refractivity contribution in [2.24, 2.45) is 0 Å². The molecule has 1 aliphatic heterocycles. The molecule has 2 aromatic rings. The quantitative estimate of drug-likeness (QED) is 0.885. The lowest BCUT2D eigenvalue weighted by molar-refractivity contribution is -0.129. The van der Waals surface area contributed by atoms with Crippen LogP contribution in [0.3, 0.4) is 0 Å². The molecular formula is C16H16BrN3O3. The first-order valence-corrected chi connectivity index (χ1v) is 8.15. The number of hydrogen-bond donors (Lipinski definition) is 1. The predicted octanol–water partition coefficient (Wildman–Crippen LogP) is 2.18. The third-order valence-corrected chi connectivity index (χ3v) is 4.27. The van der Waals surface area contributed by atoms with Crippen molar-refractivity contribution >= 4 is 27.7 Å². The van der Waals surface area contributed by atoms with Crippen molar-refractivity contribution in [2.45, 2.75) is 12.3 Å². The number of carbonyl (C=O) groups excluding carboxylic acids is 2. The van der Waals surface area contributed by atoms with E-state index in [1.165, 1.54) is 0 Å². The number of aromatic nitrogens is 1. The number of amides is 2. The van der Waals surface area contributed by atoms with Gasteiger partial charge >= 0.3 is 0 Å². The van der Waals surface area contributed by atoms with Gasteiger partial charge < -0.3 is 14.6 Å². The molecule has 0 aromatic carbocycles. The number of rotatable bonds is 4. The molecule has 1 aliphatic rings. The Morgan fingerprint density at radius 1 is 1.35 bits per heavy atom. The van der Waals surface area contributed by atoms with Crippen LogP contribution in [0.5, 0.6) is 0 Å². The van der Waals surface area contributed by atoms with Crippen molar-refractivity contribution in [3.63, 3.8) is 0 Å². The molecule has 1 atom stereocenters. The second-order valence-electron chi connectivity index (χ2n) is 5.37. The van der Waals surface area contributed by atoms with Gasteiger partial charge in [0, 0.05) is 30.9 Å². The zero-order valence-electron chi connectivity index (χ0n) is 12.4. The molecule has 1 unspecified atom stereocenters. The molecule has 0 bridgehead atoms. The molecule has 7 heteroatoms. The van der Waals surface area contributed by atoms with E-state index < -0.39 is 5.91 Å². The van der Waals surface area contributed by atoms with Gasteiger partial charge in [0.2, 0.25) is 5.91 Å². The van der Waals surface area contributed by atoms with E-state index in [0.29, 0.717) is 17.8 Å². The molecular weight excluding hydrogens is 362 g/mol. The minimum absolute atomic E-state index is 0.0356. The summed E-state index contributed by atoms with van der Waals surface area (Å²) in [5, 5.41) is 2.58. The van der Waals surface area contributed by atoms with Crippen LogP contribution in [0.15, 0.2) is 45.6 Å². The maximum Gasteiger partial charge on any atom is 0.287 e. The maximum absolute atomic E-state index is 12.2. The fourth-order valence-corrected chi connectivity index (χ4v) is 2.94. The number of nitrogens with zero attached hydrogens (tertiary/aromatic N) is 2. The topological polar surface area (TPSA) is 75.4 Å². The molecule has 120 valence electrons. The SMILES string of the molecule is O=C(NCC(=O)N1CCC(c2ccccn2)C1)c1ccc(Br)o1. The molecule has 0 radical (unpaired) electrons. The normalized spacial score (nSPS) is 17.3. The van der Waals surface area contributed by atoms with E-state index in [4.69, 9.17) is 4.42 Å². The van der Waals surface area contributed by atoms with Crippen LogP contribution in [0.4, 0.5) is 0 Å². The van der Waals surface area contributed by atoms with Gasteiger partial charge in [-0.05, 0) is 46.6 Å². The fraction of sp³-hybridized carbons (Fsp3) is 0.312. The van der Waals surface area contributed by atoms with E-state index in [-0.39, 0.29) is 24.1 Å². The van der Waals surface area contributed by atoms with Crippen LogP contribution in [0.2, 0.25) is 0 Å². The zero-order chi connectivity index (χ0) is 16.2. The summed E-state index contributed by atoms with van der Waals surface area (Å²) in [5.74, 6) is -0.0544. The Labute approximate surface area is 142 Å². The Morgan fingerprint density at radius 3 is 2.91 bits per heavy atom. The van der Waals surface area contributed by atoms with Gasteiger partial charge in [-0.25, -0.2) is 0 Å². The van der Waals surface area contributed by atoms with E-state index in [9.17, 15) is 9.59 Å². The highest BCUT2D eigenvalue weighted by Gasteiger charge is 2.28. The Morgan fingerprint density at radius 2 is 2.22 bits per heavy atom. The van der Waals surface area contributed by atoms with Gasteiger partial charge in [-0.3, -0.25) is 14.6 Å². The summed E-state index contributed by atoms with van der Waals surface area (Å²) in [6, 6.07) is 9.00. The van der Waals surface area contributed by atoms with Crippen molar-refractivity contribution in [3.05, 3.63) is 52.7 Å². The summed E-state index contributed by atoms with van der Waals surface area (Å²) < 4.78 is 5.63. The lowest BCUT2D eigenvalue weighted by atomic mass is 10.0. The minimum Gasteiger partial charge on any atom is -0.444 e. The lowest BCUT2D eigenvalue weighted by Crippen LogP contribution is -2.38. The highest BCUT2D eigenvalue weighted by atomic mass is 79.9. The number of halogens is 1. The van der Waals surface area contributed by atoms with Crippen molar-refractivity contribution in [3.8, 4) is 0 Å². The third kappa shape index (κ3) is 3.79. The summed E-state index contributed by atoms with van der Waals surface area (Å²) in [5.41, 5.74) is 1.01. The van der Waals surface area contributed by atoms with Gasteiger partial charge in [0.25, 0.3) is 5.91 Å². The standard InChI is InChI=1S/C16H16BrN3O3/c17-14-5-4-13(23-14)16(22)19-9-15(21)20-8-6-11(10-20)12-3-1-2-7-18-12/h1-5,7,11H,6,8-10H2,(H,19,22). The molecule has 2 amide bonds. The van der Waals surface area contributed by atoms with Gasteiger partial charge in [-0.15, -0.1) is 0 Å². The Kier molecular flexibility index (Phi) is 4.76. The van der Waals surface area contributed by atoms with Crippen LogP contribution in [0, 0.1) is 0 Å². The molecule has 23 heavy (non-hydrogen) atoms. The predicted molar refractivity (Wildman–Crippen MR) is 86.9 cm³/mol. The Balaban J connectivity index is 1.50. The van der Waals surface area contributed by atoms with E-state index in [1.54, 1.807) is 23.2 Å². The first-order chi connectivity index (χ1) is 11.1. The van der Waals surface area contributed by atoms with Crippen molar-refractivity contribution in [1.82, 2.24) is 15.2 Å². The second kappa shape index (κ2) is 6.95. The first-order valence-electron chi connectivity index (χ1n) is 7.35. The average molecular weight is 378 g/mol. The van der Waals surface area contributed by atoms with E-state index in [1.807, 2.05) is 18.2 Å². The molecule has 3 rings (SSSR count). The van der Waals surface area contributed by atoms with Crippen molar-refractivity contribution in [2.75, 3.05) is 19.6 Å². The van der Waals surface area contributed by atoms with E-state index >= 15 is 0 Å². The summed E-state index contributed by atoms with van der Waals surface area (Å²) >= 11 is 3.14. The molecule has 3 heterocycles. The van der Waals surface area contributed by atoms with Gasteiger partial charge in [0.15, 0.2) is 10.4 Å². The summed E-state index contributed by atoms with van der Waals surface area (Å²) in [6.45, 7) is 1.28. The molecule has 0 aliphatic carbocycles. The van der Waals surface area contributed by atoms with Gasteiger partial charge in [-0.2, -0.15) is 0 Å². The van der Waals surface area contributed by atoms with Gasteiger partial charge in [0.05, 0.1) is 6.54 Å². The highest BCUT2D eigenvalue weighted by molar-refractivity contribution is 9.10. The first kappa shape index (κ1) is 15.7. The van der Waals surface area contributed by atoms with Gasteiger partial charge in [0.1, 0.15) is 0 Å². The highest BCUT2D eigenvalue weighted by Crippen LogP contribution is 2.25. The van der Waals surface area contributed by atoms with Crippen LogP contribution in [0.1, 0.15) is 28.6 Å². The van der Waals surface area contributed by atoms with E-state index in [0.717, 1.165) is 12.1 Å². The number of furan rings is 1. The van der Waals surface area contributed by atoms with E-state index in [2.05, 4.69) is 26.2 Å². The number of pyridine rings is 1. The molecule has 1 N–H and O–H groups in total. The second-order valence-corrected chi connectivity index (χ2v) is 6.15. The van der Waals surface area contributed by atoms with Crippen LogP contribution < -0.4 is 5.32 Å². The fourth-order valence-electron chi connectivity index (χ4n) is 2.64. The zero-order valence-corrected chi connectivity index (χ0v) is 14.0. The van der Waals surface area contributed by atoms with Crippen LogP contribution in [0.25, 0.3) is 0 Å². The summed E-state index contributed by atoms with van der Waals surface area (Å²) in [6.07, 6.45) is 2.66. The number of hydrogen-bond acceptors (Lipinski definition) is 4. The van der Waals surface area contributed by atoms with Crippen molar-refractivity contribution in [1.29, 1.82) is 0 Å². The molecule has 0 spiro atoms. The monoisotopic (exact) mass is 377 g/mol. The minimum atomic E-state index is -0.399. The lowest BCUT2D eigenvalue weighted by Gasteiger charge is -2.16. The smallest absolute Gasteiger partial charge is 0.287 e. The molecule has 0 saturated carbocycles. The molecule has 1 saturated heterocycles. The largest absolute Gasteiger partial charge is 0.444 e. The molecule has 2 aromatic heterocycles. The van der Waals surface area contributed by atoms with Crippen molar-refractivity contribution < 1.29 is 14.0 Å². The average Bonchev–Trinajstić information content (AvgIpc) is 3.22. The van der Waals surface area contributed by atoms with Crippen LogP contribution in [-0.2, 0) is 4.79 Å². The molecule has 1 fully saturated rings. The van der Waals surface area contributed by atoms with Crippen LogP contribution in [-0.4, -0.2) is 41.3 Å². The Hall–Kier alpha value is -2.15. The Bertz CT molecular complexity index is 702. The molecule has 6 nitrogen and oxygen atoms in total. The number of nitrogens with one attached hydrogen (secondary N) is 1. The number of carbonyl (C=O) groups is 2. The summed E-state index contributed by atoms with van der Waals surface area (Å²) in [7, 11) is 0. The third-order valence-electron chi connectivity index (χ3n) is 3.84. The summed E-state index contributed by atoms with van der Waals surface area (Å²) in [4.78, 5) is 30.2. The van der Waals surface area contributed by atoms with Gasteiger partial charge in [-0.1, -0.05) is 6.07 Å². The maximum atomic E-state index is 12.2. The number of likely N-dealkylation sites (tertiary alicyclic amines) is 1.